The molecule has 0 aliphatic carbocycles. The molecule has 0 bridgehead atoms. The van der Waals surface area contributed by atoms with Gasteiger partial charge in [0.1, 0.15) is 0 Å². The molecule has 0 aromatic carbocycles. The first-order chi connectivity index (χ1) is 3.85. The maximum atomic E-state index is 10.9. The summed E-state index contributed by atoms with van der Waals surface area (Å²) in [7, 11) is 0. The van der Waals surface area contributed by atoms with Crippen LogP contribution in [0.25, 0.3) is 0 Å². The molecular formula is C3H2F5LiO. The minimum absolute atomic E-state index is 0. The fourth-order valence-electron chi connectivity index (χ4n) is 0.107. The van der Waals surface area contributed by atoms with Crippen LogP contribution in [0.3, 0.4) is 0 Å². The number of hydrogen-bond donors (Lipinski definition) is 1. The minimum Gasteiger partial charge on any atom is -1.00 e. The number of aliphatic hydroxyl groups is 1. The third-order valence-corrected chi connectivity index (χ3v) is 0.448. The van der Waals surface area contributed by atoms with E-state index in [1.807, 2.05) is 0 Å². The first-order valence-corrected chi connectivity index (χ1v) is 1.67. The summed E-state index contributed by atoms with van der Waals surface area (Å²) in [5.41, 5.74) is 0. The van der Waals surface area contributed by atoms with Crippen molar-refractivity contribution in [3.05, 3.63) is 11.8 Å². The first kappa shape index (κ1) is 12.5. The Morgan fingerprint density at radius 3 is 1.50 bits per heavy atom. The summed E-state index contributed by atoms with van der Waals surface area (Å²) in [6.45, 7) is 0. The molecule has 0 amide bonds. The molecule has 0 radical (unpaired) electrons. The molecule has 0 unspecified atom stereocenters. The van der Waals surface area contributed by atoms with Gasteiger partial charge >= 0.3 is 31.1 Å². The molecule has 56 valence electrons. The van der Waals surface area contributed by atoms with Crippen LogP contribution in [-0.2, 0) is 0 Å². The molecular weight excluding hydrogens is 154 g/mol. The van der Waals surface area contributed by atoms with Crippen LogP contribution in [0.15, 0.2) is 11.8 Å². The van der Waals surface area contributed by atoms with E-state index in [4.69, 9.17) is 5.11 Å². The summed E-state index contributed by atoms with van der Waals surface area (Å²) in [6, 6.07) is 0. The molecule has 0 rings (SSSR count). The standard InChI is InChI=1S/C3HF5O.Li.H/c4-2(5)1(9)3(6,7)8;;/h9H;;/q;+1;-1. The Hall–Kier alpha value is -0.213. The third-order valence-electron chi connectivity index (χ3n) is 0.448. The normalized spacial score (nSPS) is 10.1. The average molecular weight is 156 g/mol. The van der Waals surface area contributed by atoms with Crippen molar-refractivity contribution in [3.8, 4) is 0 Å². The van der Waals surface area contributed by atoms with Gasteiger partial charge in [0.05, 0.1) is 0 Å². The summed E-state index contributed by atoms with van der Waals surface area (Å²) >= 11 is 0. The van der Waals surface area contributed by atoms with Crippen molar-refractivity contribution in [1.29, 1.82) is 0 Å². The second-order valence-electron chi connectivity index (χ2n) is 1.11. The molecule has 0 saturated heterocycles. The maximum absolute atomic E-state index is 10.9. The van der Waals surface area contributed by atoms with Crippen LogP contribution >= 0.6 is 0 Å². The van der Waals surface area contributed by atoms with Gasteiger partial charge in [0.15, 0.2) is 0 Å². The molecule has 1 N–H and O–H groups in total. The van der Waals surface area contributed by atoms with E-state index in [2.05, 4.69) is 0 Å². The Kier molecular flexibility index (Phi) is 4.78. The van der Waals surface area contributed by atoms with Crippen molar-refractivity contribution >= 4 is 0 Å². The van der Waals surface area contributed by atoms with Gasteiger partial charge in [-0.05, 0) is 0 Å². The molecule has 0 aliphatic heterocycles. The van der Waals surface area contributed by atoms with Gasteiger partial charge < -0.3 is 6.53 Å². The van der Waals surface area contributed by atoms with Crippen molar-refractivity contribution in [1.82, 2.24) is 0 Å². The fourth-order valence-corrected chi connectivity index (χ4v) is 0.107. The van der Waals surface area contributed by atoms with E-state index < -0.39 is 18.0 Å². The molecule has 7 heteroatoms. The van der Waals surface area contributed by atoms with Gasteiger partial charge in [-0.25, -0.2) is 0 Å². The number of rotatable bonds is 0. The topological polar surface area (TPSA) is 20.2 Å². The van der Waals surface area contributed by atoms with E-state index in [-0.39, 0.29) is 20.3 Å². The van der Waals surface area contributed by atoms with E-state index in [9.17, 15) is 22.0 Å². The van der Waals surface area contributed by atoms with E-state index in [1.165, 1.54) is 0 Å². The molecule has 1 nitrogen and oxygen atoms in total. The molecule has 0 atom stereocenters. The van der Waals surface area contributed by atoms with Crippen molar-refractivity contribution in [2.75, 3.05) is 0 Å². The smallest absolute Gasteiger partial charge is 1.00 e. The number of allylic oxidation sites excluding steroid dienone is 1. The number of aliphatic hydroxyl groups excluding tert-OH is 1. The second-order valence-corrected chi connectivity index (χ2v) is 1.11. The van der Waals surface area contributed by atoms with Crippen molar-refractivity contribution in [3.63, 3.8) is 0 Å². The van der Waals surface area contributed by atoms with Crippen LogP contribution < -0.4 is 18.9 Å². The Labute approximate surface area is 66.2 Å². The molecule has 0 aromatic heterocycles. The summed E-state index contributed by atoms with van der Waals surface area (Å²) in [5.74, 6) is -2.83. The van der Waals surface area contributed by atoms with E-state index in [0.29, 0.717) is 0 Å². The SMILES string of the molecule is OC(=C(F)F)C(F)(F)F.[H-].[Li+]. The predicted molar refractivity (Wildman–Crippen MR) is 19.0 cm³/mol. The van der Waals surface area contributed by atoms with Gasteiger partial charge in [-0.1, -0.05) is 0 Å². The van der Waals surface area contributed by atoms with Crippen LogP contribution in [0.1, 0.15) is 1.43 Å². The van der Waals surface area contributed by atoms with Crippen LogP contribution in [0.2, 0.25) is 0 Å². The average Bonchev–Trinajstić information content (AvgIpc) is 1.62. The van der Waals surface area contributed by atoms with Gasteiger partial charge in [-0.15, -0.1) is 0 Å². The monoisotopic (exact) mass is 156 g/mol. The quantitative estimate of drug-likeness (QED) is 0.280. The van der Waals surface area contributed by atoms with Gasteiger partial charge in [-0.2, -0.15) is 22.0 Å². The van der Waals surface area contributed by atoms with Gasteiger partial charge in [0.25, 0.3) is 5.76 Å². The molecule has 0 aliphatic rings. The van der Waals surface area contributed by atoms with E-state index >= 15 is 0 Å². The fraction of sp³-hybridized carbons (Fsp3) is 0.333. The summed E-state index contributed by atoms with van der Waals surface area (Å²) in [4.78, 5) is 0. The van der Waals surface area contributed by atoms with Crippen LogP contribution in [0, 0.1) is 0 Å². The van der Waals surface area contributed by atoms with E-state index in [0.717, 1.165) is 0 Å². The Balaban J connectivity index is -0.000000320. The zero-order chi connectivity index (χ0) is 7.65. The molecule has 10 heavy (non-hydrogen) atoms. The number of halogens is 5. The van der Waals surface area contributed by atoms with Crippen molar-refractivity contribution in [2.45, 2.75) is 6.18 Å². The molecule has 0 heterocycles. The van der Waals surface area contributed by atoms with Gasteiger partial charge in [0.2, 0.25) is 0 Å². The Morgan fingerprint density at radius 2 is 1.50 bits per heavy atom. The zero-order valence-corrected chi connectivity index (χ0v) is 4.84. The van der Waals surface area contributed by atoms with Gasteiger partial charge in [-0.3, -0.25) is 0 Å². The molecule has 0 aromatic rings. The number of alkyl halides is 3. The Morgan fingerprint density at radius 1 is 1.20 bits per heavy atom. The van der Waals surface area contributed by atoms with Crippen LogP contribution in [-0.4, -0.2) is 11.3 Å². The van der Waals surface area contributed by atoms with E-state index in [1.54, 1.807) is 0 Å². The second kappa shape index (κ2) is 3.84. The first-order valence-electron chi connectivity index (χ1n) is 1.67. The summed E-state index contributed by atoms with van der Waals surface area (Å²) in [6.07, 6.45) is -8.46. The van der Waals surface area contributed by atoms with Crippen molar-refractivity contribution < 1.29 is 47.3 Å². The zero-order valence-electron chi connectivity index (χ0n) is 5.84. The molecule has 0 spiro atoms. The van der Waals surface area contributed by atoms with Crippen LogP contribution in [0.5, 0.6) is 0 Å². The Bertz CT molecular complexity index is 139. The number of hydrogen-bond acceptors (Lipinski definition) is 1. The summed E-state index contributed by atoms with van der Waals surface area (Å²) in [5, 5.41) is 7.47. The third kappa shape index (κ3) is 3.75. The molecule has 0 fully saturated rings. The van der Waals surface area contributed by atoms with Crippen molar-refractivity contribution in [2.24, 2.45) is 0 Å². The maximum Gasteiger partial charge on any atom is 1.00 e. The minimum atomic E-state index is -5.33. The predicted octanol–water partition coefficient (Wildman–Crippen LogP) is -0.669. The molecule has 0 saturated carbocycles. The summed E-state index contributed by atoms with van der Waals surface area (Å²) < 4.78 is 54.4. The van der Waals surface area contributed by atoms with Gasteiger partial charge in [0, 0.05) is 0 Å². The van der Waals surface area contributed by atoms with Crippen LogP contribution in [0.4, 0.5) is 22.0 Å². The largest absolute Gasteiger partial charge is 1.00 e.